The Labute approximate surface area is 143 Å². The number of anilines is 1. The highest BCUT2D eigenvalue weighted by atomic mass is 16.6. The van der Waals surface area contributed by atoms with E-state index in [1.807, 2.05) is 23.1 Å². The van der Waals surface area contributed by atoms with E-state index in [1.165, 1.54) is 12.1 Å². The van der Waals surface area contributed by atoms with E-state index in [1.54, 1.807) is 24.3 Å². The van der Waals surface area contributed by atoms with Crippen molar-refractivity contribution in [3.63, 3.8) is 0 Å². The highest BCUT2D eigenvalue weighted by molar-refractivity contribution is 6.10. The first kappa shape index (κ1) is 15.1. The van der Waals surface area contributed by atoms with E-state index in [9.17, 15) is 14.9 Å². The van der Waals surface area contributed by atoms with Crippen molar-refractivity contribution in [2.24, 2.45) is 4.99 Å². The molecule has 2 aromatic rings. The molecule has 7 heteroatoms. The van der Waals surface area contributed by atoms with E-state index in [0.717, 1.165) is 0 Å². The lowest BCUT2D eigenvalue weighted by molar-refractivity contribution is -0.384. The van der Waals surface area contributed by atoms with Crippen LogP contribution in [0.1, 0.15) is 15.9 Å². The first-order valence-corrected chi connectivity index (χ1v) is 7.82. The van der Waals surface area contributed by atoms with Gasteiger partial charge in [-0.2, -0.15) is 0 Å². The zero-order valence-corrected chi connectivity index (χ0v) is 13.2. The average molecular weight is 334 g/mol. The molecule has 7 nitrogen and oxygen atoms in total. The Morgan fingerprint density at radius 3 is 2.80 bits per heavy atom. The van der Waals surface area contributed by atoms with Crippen LogP contribution in [0, 0.1) is 10.1 Å². The SMILES string of the molecule is O=C(C=C1Nc2ccc([N+](=O)[O-])cc2C2=NCCN12)c1ccccc1. The Hall–Kier alpha value is -3.48. The lowest BCUT2D eigenvalue weighted by Crippen LogP contribution is -2.36. The Kier molecular flexibility index (Phi) is 3.53. The van der Waals surface area contributed by atoms with Gasteiger partial charge in [0.1, 0.15) is 11.7 Å². The number of carbonyl (C=O) groups excluding carboxylic acids is 1. The van der Waals surface area contributed by atoms with Gasteiger partial charge in [0.15, 0.2) is 5.78 Å². The number of hydrogen-bond acceptors (Lipinski definition) is 6. The second kappa shape index (κ2) is 5.86. The molecule has 1 N–H and O–H groups in total. The molecule has 4 rings (SSSR count). The second-order valence-electron chi connectivity index (χ2n) is 5.73. The number of non-ortho nitro benzene ring substituents is 1. The largest absolute Gasteiger partial charge is 0.341 e. The number of allylic oxidation sites excluding steroid dienone is 1. The summed E-state index contributed by atoms with van der Waals surface area (Å²) in [7, 11) is 0. The molecule has 0 amide bonds. The van der Waals surface area contributed by atoms with Crippen molar-refractivity contribution < 1.29 is 9.72 Å². The predicted molar refractivity (Wildman–Crippen MR) is 93.7 cm³/mol. The van der Waals surface area contributed by atoms with Crippen molar-refractivity contribution in [2.45, 2.75) is 0 Å². The molecule has 0 saturated heterocycles. The Bertz CT molecular complexity index is 935. The van der Waals surface area contributed by atoms with Crippen LogP contribution in [0.5, 0.6) is 0 Å². The van der Waals surface area contributed by atoms with Crippen LogP contribution in [0.15, 0.2) is 65.4 Å². The van der Waals surface area contributed by atoms with Crippen LogP contribution in [0.25, 0.3) is 0 Å². The summed E-state index contributed by atoms with van der Waals surface area (Å²) in [4.78, 5) is 29.4. The maximum absolute atomic E-state index is 12.5. The minimum Gasteiger partial charge on any atom is -0.341 e. The van der Waals surface area contributed by atoms with E-state index < -0.39 is 4.92 Å². The molecule has 0 spiro atoms. The van der Waals surface area contributed by atoms with Gasteiger partial charge in [-0.3, -0.25) is 19.9 Å². The zero-order chi connectivity index (χ0) is 17.4. The van der Waals surface area contributed by atoms with Crippen LogP contribution in [-0.2, 0) is 0 Å². The highest BCUT2D eigenvalue weighted by Gasteiger charge is 2.31. The van der Waals surface area contributed by atoms with E-state index >= 15 is 0 Å². The maximum Gasteiger partial charge on any atom is 0.270 e. The van der Waals surface area contributed by atoms with Gasteiger partial charge in [0, 0.05) is 35.9 Å². The fourth-order valence-corrected chi connectivity index (χ4v) is 2.98. The standard InChI is InChI=1S/C18H14N4O3/c23-16(12-4-2-1-3-5-12)11-17-20-15-7-6-13(22(24)25)10-14(15)18-19-8-9-21(17)18/h1-7,10-11,20H,8-9H2. The van der Waals surface area contributed by atoms with E-state index in [0.29, 0.717) is 41.6 Å². The summed E-state index contributed by atoms with van der Waals surface area (Å²) < 4.78 is 0. The minimum absolute atomic E-state index is 0.0166. The lowest BCUT2D eigenvalue weighted by Gasteiger charge is -2.31. The number of carbonyl (C=O) groups is 1. The minimum atomic E-state index is -0.426. The van der Waals surface area contributed by atoms with Crippen molar-refractivity contribution in [2.75, 3.05) is 18.4 Å². The summed E-state index contributed by atoms with van der Waals surface area (Å²) >= 11 is 0. The summed E-state index contributed by atoms with van der Waals surface area (Å²) in [5, 5.41) is 14.2. The summed E-state index contributed by atoms with van der Waals surface area (Å²) in [6.07, 6.45) is 1.54. The van der Waals surface area contributed by atoms with Crippen LogP contribution < -0.4 is 5.32 Å². The monoisotopic (exact) mass is 334 g/mol. The van der Waals surface area contributed by atoms with Crippen LogP contribution >= 0.6 is 0 Å². The molecule has 0 atom stereocenters. The molecular weight excluding hydrogens is 320 g/mol. The quantitative estimate of drug-likeness (QED) is 0.403. The van der Waals surface area contributed by atoms with Gasteiger partial charge in [0.25, 0.3) is 5.69 Å². The summed E-state index contributed by atoms with van der Waals surface area (Å²) in [5.41, 5.74) is 2.00. The molecule has 124 valence electrons. The predicted octanol–water partition coefficient (Wildman–Crippen LogP) is 2.81. The molecule has 0 aliphatic carbocycles. The average Bonchev–Trinajstić information content (AvgIpc) is 3.12. The second-order valence-corrected chi connectivity index (χ2v) is 5.73. The number of amidine groups is 1. The number of nitrogens with zero attached hydrogens (tertiary/aromatic N) is 3. The number of nitro benzene ring substituents is 1. The van der Waals surface area contributed by atoms with Gasteiger partial charge in [-0.1, -0.05) is 30.3 Å². The summed E-state index contributed by atoms with van der Waals surface area (Å²) in [6.45, 7) is 1.20. The van der Waals surface area contributed by atoms with Crippen LogP contribution in [0.3, 0.4) is 0 Å². The number of aliphatic imine (C=N–C) groups is 1. The number of rotatable bonds is 3. The summed E-state index contributed by atoms with van der Waals surface area (Å²) in [6, 6.07) is 13.6. The van der Waals surface area contributed by atoms with Crippen LogP contribution in [0.4, 0.5) is 11.4 Å². The van der Waals surface area contributed by atoms with E-state index in [-0.39, 0.29) is 11.5 Å². The highest BCUT2D eigenvalue weighted by Crippen LogP contribution is 2.32. The van der Waals surface area contributed by atoms with Gasteiger partial charge in [0.2, 0.25) is 0 Å². The summed E-state index contributed by atoms with van der Waals surface area (Å²) in [5.74, 6) is 1.18. The number of ketones is 1. The molecule has 0 bridgehead atoms. The molecule has 0 aromatic heterocycles. The molecule has 2 aliphatic rings. The topological polar surface area (TPSA) is 87.8 Å². The number of nitro groups is 1. The van der Waals surface area contributed by atoms with Gasteiger partial charge >= 0.3 is 0 Å². The zero-order valence-electron chi connectivity index (χ0n) is 13.2. The first-order chi connectivity index (χ1) is 12.1. The van der Waals surface area contributed by atoms with Crippen molar-refractivity contribution >= 4 is 23.0 Å². The number of hydrogen-bond donors (Lipinski definition) is 1. The third-order valence-corrected chi connectivity index (χ3v) is 4.18. The van der Waals surface area contributed by atoms with Crippen molar-refractivity contribution in [3.8, 4) is 0 Å². The van der Waals surface area contributed by atoms with Crippen molar-refractivity contribution in [1.29, 1.82) is 0 Å². The van der Waals surface area contributed by atoms with E-state index in [2.05, 4.69) is 10.3 Å². The smallest absolute Gasteiger partial charge is 0.270 e. The molecule has 2 heterocycles. The number of fused-ring (bicyclic) bond motifs is 3. The molecule has 0 fully saturated rings. The molecular formula is C18H14N4O3. The van der Waals surface area contributed by atoms with Crippen molar-refractivity contribution in [3.05, 3.63) is 81.7 Å². The maximum atomic E-state index is 12.5. The van der Waals surface area contributed by atoms with Crippen LogP contribution in [-0.4, -0.2) is 34.5 Å². The molecule has 0 saturated carbocycles. The molecule has 0 unspecified atom stereocenters. The molecule has 25 heavy (non-hydrogen) atoms. The Morgan fingerprint density at radius 1 is 1.24 bits per heavy atom. The lowest BCUT2D eigenvalue weighted by atomic mass is 10.1. The van der Waals surface area contributed by atoms with Gasteiger partial charge < -0.3 is 10.2 Å². The van der Waals surface area contributed by atoms with Gasteiger partial charge in [-0.25, -0.2) is 0 Å². The fraction of sp³-hybridized carbons (Fsp3) is 0.111. The normalized spacial score (nSPS) is 16.7. The number of benzene rings is 2. The Morgan fingerprint density at radius 2 is 2.04 bits per heavy atom. The third-order valence-electron chi connectivity index (χ3n) is 4.18. The van der Waals surface area contributed by atoms with Gasteiger partial charge in [-0.15, -0.1) is 0 Å². The fourth-order valence-electron chi connectivity index (χ4n) is 2.98. The Balaban J connectivity index is 1.73. The third kappa shape index (κ3) is 2.65. The van der Waals surface area contributed by atoms with E-state index in [4.69, 9.17) is 0 Å². The van der Waals surface area contributed by atoms with Crippen molar-refractivity contribution in [1.82, 2.24) is 4.90 Å². The molecule has 2 aliphatic heterocycles. The number of nitrogens with one attached hydrogen (secondary N) is 1. The van der Waals surface area contributed by atoms with Gasteiger partial charge in [-0.05, 0) is 6.07 Å². The van der Waals surface area contributed by atoms with Gasteiger partial charge in [0.05, 0.1) is 17.2 Å². The van der Waals surface area contributed by atoms with Crippen LogP contribution in [0.2, 0.25) is 0 Å². The first-order valence-electron chi connectivity index (χ1n) is 7.82. The molecule has 2 aromatic carbocycles. The molecule has 0 radical (unpaired) electrons.